The molecule has 0 unspecified atom stereocenters. The Balaban J connectivity index is 1.48. The van der Waals surface area contributed by atoms with Gasteiger partial charge in [-0.2, -0.15) is 0 Å². The average molecular weight is 358 g/mol. The van der Waals surface area contributed by atoms with Crippen LogP contribution >= 0.6 is 0 Å². The SMILES string of the molecule is CCn1nnnc1COc1cccc(C(=O)NCCN2CCCCC2)c1. The second-order valence-corrected chi connectivity index (χ2v) is 6.39. The number of amides is 1. The summed E-state index contributed by atoms with van der Waals surface area (Å²) in [6.07, 6.45) is 3.84. The van der Waals surface area contributed by atoms with E-state index in [1.54, 1.807) is 16.8 Å². The Morgan fingerprint density at radius 2 is 2.12 bits per heavy atom. The molecule has 2 heterocycles. The highest BCUT2D eigenvalue weighted by Gasteiger charge is 2.11. The van der Waals surface area contributed by atoms with Gasteiger partial charge in [0.05, 0.1) is 0 Å². The number of tetrazole rings is 1. The van der Waals surface area contributed by atoms with E-state index in [-0.39, 0.29) is 12.5 Å². The third kappa shape index (κ3) is 5.01. The first kappa shape index (κ1) is 18.3. The summed E-state index contributed by atoms with van der Waals surface area (Å²) >= 11 is 0. The minimum Gasteiger partial charge on any atom is -0.486 e. The largest absolute Gasteiger partial charge is 0.486 e. The molecule has 0 saturated carbocycles. The van der Waals surface area contributed by atoms with Gasteiger partial charge in [0.1, 0.15) is 12.4 Å². The van der Waals surface area contributed by atoms with Crippen LogP contribution in [0.25, 0.3) is 0 Å². The third-order valence-corrected chi connectivity index (χ3v) is 4.53. The van der Waals surface area contributed by atoms with Gasteiger partial charge in [-0.15, -0.1) is 5.10 Å². The fourth-order valence-corrected chi connectivity index (χ4v) is 3.06. The number of aromatic nitrogens is 4. The lowest BCUT2D eigenvalue weighted by Crippen LogP contribution is -2.37. The minimum absolute atomic E-state index is 0.0779. The summed E-state index contributed by atoms with van der Waals surface area (Å²) in [5, 5.41) is 14.4. The topological polar surface area (TPSA) is 85.2 Å². The molecule has 8 nitrogen and oxygen atoms in total. The van der Waals surface area contributed by atoms with Crippen molar-refractivity contribution >= 4 is 5.91 Å². The highest BCUT2D eigenvalue weighted by atomic mass is 16.5. The van der Waals surface area contributed by atoms with E-state index in [4.69, 9.17) is 4.74 Å². The fourth-order valence-electron chi connectivity index (χ4n) is 3.06. The third-order valence-electron chi connectivity index (χ3n) is 4.53. The van der Waals surface area contributed by atoms with Gasteiger partial charge in [-0.25, -0.2) is 4.68 Å². The summed E-state index contributed by atoms with van der Waals surface area (Å²) in [6.45, 7) is 6.75. The second kappa shape index (κ2) is 9.28. The van der Waals surface area contributed by atoms with Crippen LogP contribution in [0.3, 0.4) is 0 Å². The van der Waals surface area contributed by atoms with Crippen LogP contribution < -0.4 is 10.1 Å². The lowest BCUT2D eigenvalue weighted by molar-refractivity contribution is 0.0946. The summed E-state index contributed by atoms with van der Waals surface area (Å²) in [6, 6.07) is 7.18. The van der Waals surface area contributed by atoms with Gasteiger partial charge in [0.2, 0.25) is 0 Å². The molecule has 0 aliphatic carbocycles. The number of nitrogens with zero attached hydrogens (tertiary/aromatic N) is 5. The lowest BCUT2D eigenvalue weighted by Gasteiger charge is -2.26. The zero-order chi connectivity index (χ0) is 18.2. The van der Waals surface area contributed by atoms with Gasteiger partial charge in [0.15, 0.2) is 5.82 Å². The highest BCUT2D eigenvalue weighted by molar-refractivity contribution is 5.94. The molecule has 1 saturated heterocycles. The molecular formula is C18H26N6O2. The van der Waals surface area contributed by atoms with E-state index in [0.717, 1.165) is 19.6 Å². The standard InChI is InChI=1S/C18H26N6O2/c1-2-24-17(20-21-22-24)14-26-16-8-6-7-15(13-16)18(25)19-9-12-23-10-4-3-5-11-23/h6-8,13H,2-5,9-12,14H2,1H3,(H,19,25). The van der Waals surface area contributed by atoms with Crippen molar-refractivity contribution in [2.45, 2.75) is 39.3 Å². The van der Waals surface area contributed by atoms with Gasteiger partial charge in [-0.1, -0.05) is 12.5 Å². The van der Waals surface area contributed by atoms with Gasteiger partial charge in [-0.3, -0.25) is 4.79 Å². The first-order chi connectivity index (χ1) is 12.8. The summed E-state index contributed by atoms with van der Waals surface area (Å²) in [5.41, 5.74) is 0.594. The zero-order valence-electron chi connectivity index (χ0n) is 15.2. The van der Waals surface area contributed by atoms with Crippen molar-refractivity contribution in [1.29, 1.82) is 0 Å². The Morgan fingerprint density at radius 3 is 2.92 bits per heavy atom. The maximum Gasteiger partial charge on any atom is 0.251 e. The number of likely N-dealkylation sites (tertiary alicyclic amines) is 1. The quantitative estimate of drug-likeness (QED) is 0.769. The number of carbonyl (C=O) groups excluding carboxylic acids is 1. The molecule has 1 aromatic heterocycles. The van der Waals surface area contributed by atoms with Gasteiger partial charge in [-0.05, 0) is 61.5 Å². The first-order valence-electron chi connectivity index (χ1n) is 9.24. The molecule has 1 N–H and O–H groups in total. The Morgan fingerprint density at radius 1 is 1.27 bits per heavy atom. The van der Waals surface area contributed by atoms with Crippen molar-refractivity contribution in [1.82, 2.24) is 30.4 Å². The van der Waals surface area contributed by atoms with Crippen LogP contribution in [0.4, 0.5) is 0 Å². The van der Waals surface area contributed by atoms with E-state index in [9.17, 15) is 4.79 Å². The van der Waals surface area contributed by atoms with Crippen LogP contribution in [-0.2, 0) is 13.2 Å². The number of hydrogen-bond acceptors (Lipinski definition) is 6. The number of hydrogen-bond donors (Lipinski definition) is 1. The van der Waals surface area contributed by atoms with Crippen molar-refractivity contribution in [2.75, 3.05) is 26.2 Å². The van der Waals surface area contributed by atoms with Gasteiger partial charge >= 0.3 is 0 Å². The number of carbonyl (C=O) groups is 1. The molecule has 0 spiro atoms. The van der Waals surface area contributed by atoms with E-state index in [2.05, 4.69) is 25.7 Å². The van der Waals surface area contributed by atoms with Gasteiger partial charge in [0.25, 0.3) is 5.91 Å². The second-order valence-electron chi connectivity index (χ2n) is 6.39. The maximum atomic E-state index is 12.4. The highest BCUT2D eigenvalue weighted by Crippen LogP contribution is 2.15. The maximum absolute atomic E-state index is 12.4. The first-order valence-corrected chi connectivity index (χ1v) is 9.24. The molecule has 1 amide bonds. The molecule has 0 radical (unpaired) electrons. The van der Waals surface area contributed by atoms with Crippen molar-refractivity contribution in [3.05, 3.63) is 35.7 Å². The number of benzene rings is 1. The average Bonchev–Trinajstić information content (AvgIpc) is 3.15. The molecule has 8 heteroatoms. The number of aryl methyl sites for hydroxylation is 1. The smallest absolute Gasteiger partial charge is 0.251 e. The van der Waals surface area contributed by atoms with E-state index in [0.29, 0.717) is 30.2 Å². The molecule has 0 bridgehead atoms. The molecule has 1 aliphatic rings. The lowest BCUT2D eigenvalue weighted by atomic mass is 10.1. The van der Waals surface area contributed by atoms with Crippen LogP contribution in [0.5, 0.6) is 5.75 Å². The Hall–Kier alpha value is -2.48. The minimum atomic E-state index is -0.0779. The van der Waals surface area contributed by atoms with Crippen LogP contribution in [0.2, 0.25) is 0 Å². The van der Waals surface area contributed by atoms with Crippen LogP contribution in [-0.4, -0.2) is 57.2 Å². The predicted molar refractivity (Wildman–Crippen MR) is 96.9 cm³/mol. The van der Waals surface area contributed by atoms with E-state index in [1.165, 1.54) is 19.3 Å². The molecule has 3 rings (SSSR count). The molecule has 26 heavy (non-hydrogen) atoms. The van der Waals surface area contributed by atoms with Crippen LogP contribution in [0.1, 0.15) is 42.4 Å². The molecule has 1 fully saturated rings. The monoisotopic (exact) mass is 358 g/mol. The Labute approximate surface area is 153 Å². The zero-order valence-corrected chi connectivity index (χ0v) is 15.2. The van der Waals surface area contributed by atoms with Crippen LogP contribution in [0, 0.1) is 0 Å². The summed E-state index contributed by atoms with van der Waals surface area (Å²) in [7, 11) is 0. The number of piperidine rings is 1. The van der Waals surface area contributed by atoms with E-state index < -0.39 is 0 Å². The molecular weight excluding hydrogens is 332 g/mol. The summed E-state index contributed by atoms with van der Waals surface area (Å²) < 4.78 is 7.41. The van der Waals surface area contributed by atoms with Gasteiger partial charge in [0, 0.05) is 25.2 Å². The van der Waals surface area contributed by atoms with Crippen molar-refractivity contribution < 1.29 is 9.53 Å². The fraction of sp³-hybridized carbons (Fsp3) is 0.556. The number of rotatable bonds is 8. The molecule has 0 atom stereocenters. The number of ether oxygens (including phenoxy) is 1. The van der Waals surface area contributed by atoms with Crippen molar-refractivity contribution in [3.63, 3.8) is 0 Å². The van der Waals surface area contributed by atoms with Gasteiger partial charge < -0.3 is 15.0 Å². The molecule has 1 aliphatic heterocycles. The summed E-state index contributed by atoms with van der Waals surface area (Å²) in [5.74, 6) is 1.20. The van der Waals surface area contributed by atoms with Crippen molar-refractivity contribution in [3.8, 4) is 5.75 Å². The van der Waals surface area contributed by atoms with Crippen LogP contribution in [0.15, 0.2) is 24.3 Å². The number of nitrogens with one attached hydrogen (secondary N) is 1. The Kier molecular flexibility index (Phi) is 6.54. The molecule has 2 aromatic rings. The predicted octanol–water partition coefficient (Wildman–Crippen LogP) is 1.49. The molecule has 1 aromatic carbocycles. The normalized spacial score (nSPS) is 15.0. The summed E-state index contributed by atoms with van der Waals surface area (Å²) in [4.78, 5) is 14.8. The van der Waals surface area contributed by atoms with E-state index in [1.807, 2.05) is 19.1 Å². The van der Waals surface area contributed by atoms with E-state index >= 15 is 0 Å². The van der Waals surface area contributed by atoms with Crippen molar-refractivity contribution in [2.24, 2.45) is 0 Å². The molecule has 140 valence electrons. The Bertz CT molecular complexity index is 711.